The second kappa shape index (κ2) is 7.79. The van der Waals surface area contributed by atoms with Crippen LogP contribution in [0.3, 0.4) is 0 Å². The van der Waals surface area contributed by atoms with E-state index < -0.39 is 15.8 Å². The number of hydrogen-bond acceptors (Lipinski definition) is 6. The molecule has 1 unspecified atom stereocenters. The zero-order chi connectivity index (χ0) is 21.3. The van der Waals surface area contributed by atoms with Gasteiger partial charge in [0.2, 0.25) is 10.0 Å². The van der Waals surface area contributed by atoms with Gasteiger partial charge in [-0.25, -0.2) is 13.2 Å². The second-order valence-electron chi connectivity index (χ2n) is 7.05. The maximum atomic E-state index is 12.6. The maximum absolute atomic E-state index is 12.6. The monoisotopic (exact) mass is 428 g/mol. The minimum absolute atomic E-state index is 0.155. The highest BCUT2D eigenvalue weighted by molar-refractivity contribution is 7.93. The number of nitrogens with one attached hydrogen (secondary N) is 2. The quantitative estimate of drug-likeness (QED) is 0.641. The summed E-state index contributed by atoms with van der Waals surface area (Å²) >= 11 is 0. The number of rotatable bonds is 5. The van der Waals surface area contributed by atoms with Gasteiger partial charge in [0.25, 0.3) is 5.91 Å². The number of benzene rings is 2. The Hall–Kier alpha value is -3.40. The van der Waals surface area contributed by atoms with Crippen LogP contribution in [0, 0.1) is 0 Å². The first kappa shape index (κ1) is 19.9. The average Bonchev–Trinajstić information content (AvgIpc) is 3.32. The molecule has 0 aliphatic carbocycles. The Balaban J connectivity index is 1.47. The van der Waals surface area contributed by atoms with Gasteiger partial charge in [0.05, 0.1) is 17.5 Å². The second-order valence-corrected chi connectivity index (χ2v) is 9.07. The lowest BCUT2D eigenvalue weighted by Gasteiger charge is -2.20. The number of sulfonamides is 1. The van der Waals surface area contributed by atoms with Crippen LogP contribution in [0.2, 0.25) is 0 Å². The predicted octanol–water partition coefficient (Wildman–Crippen LogP) is 2.06. The van der Waals surface area contributed by atoms with Crippen molar-refractivity contribution in [3.05, 3.63) is 70.2 Å². The summed E-state index contributed by atoms with van der Waals surface area (Å²) in [5, 5.41) is 6.52. The highest BCUT2D eigenvalue weighted by Crippen LogP contribution is 2.27. The van der Waals surface area contributed by atoms with Gasteiger partial charge in [-0.1, -0.05) is 29.4 Å². The molecule has 10 heteroatoms. The van der Waals surface area contributed by atoms with Crippen molar-refractivity contribution in [2.75, 3.05) is 16.6 Å². The first-order valence-electron chi connectivity index (χ1n) is 9.41. The van der Waals surface area contributed by atoms with Crippen molar-refractivity contribution >= 4 is 21.6 Å². The third kappa shape index (κ3) is 3.99. The fourth-order valence-corrected chi connectivity index (χ4v) is 4.93. The molecule has 3 aromatic rings. The van der Waals surface area contributed by atoms with Gasteiger partial charge in [-0.05, 0) is 43.2 Å². The SMILES string of the molecule is CC(NC(=O)c1ccc(-c2noc(=O)[nH]2)cc1)c1cccc(N2CCCS2(=O)=O)c1. The lowest BCUT2D eigenvalue weighted by molar-refractivity contribution is 0.0940. The van der Waals surface area contributed by atoms with Gasteiger partial charge >= 0.3 is 5.76 Å². The Bertz CT molecular complexity index is 1230. The van der Waals surface area contributed by atoms with Crippen LogP contribution in [0.1, 0.15) is 35.3 Å². The van der Waals surface area contributed by atoms with Crippen LogP contribution >= 0.6 is 0 Å². The summed E-state index contributed by atoms with van der Waals surface area (Å²) in [6.07, 6.45) is 0.608. The smallest absolute Gasteiger partial charge is 0.346 e. The number of carbonyl (C=O) groups excluding carboxylic acids is 1. The molecule has 30 heavy (non-hydrogen) atoms. The normalized spacial score (nSPS) is 16.4. The molecule has 0 spiro atoms. The van der Waals surface area contributed by atoms with Gasteiger partial charge in [0, 0.05) is 17.7 Å². The standard InChI is InChI=1S/C20H20N4O5S/c1-13(16-4-2-5-17(12-16)24-10-3-11-30(24,27)28)21-19(25)15-8-6-14(7-9-15)18-22-20(26)29-23-18/h2,4-9,12-13H,3,10-11H2,1H3,(H,21,25)(H,22,23,26). The van der Waals surface area contributed by atoms with Crippen LogP contribution in [-0.4, -0.2) is 36.8 Å². The summed E-state index contributed by atoms with van der Waals surface area (Å²) in [6.45, 7) is 2.31. The molecule has 2 N–H and O–H groups in total. The number of carbonyl (C=O) groups is 1. The molecule has 9 nitrogen and oxygen atoms in total. The van der Waals surface area contributed by atoms with Crippen LogP contribution in [0.15, 0.2) is 57.8 Å². The fourth-order valence-electron chi connectivity index (χ4n) is 3.38. The third-order valence-corrected chi connectivity index (χ3v) is 6.84. The lowest BCUT2D eigenvalue weighted by atomic mass is 10.1. The fraction of sp³-hybridized carbons (Fsp3) is 0.250. The first-order valence-corrected chi connectivity index (χ1v) is 11.0. The number of aromatic amines is 1. The number of H-pyrrole nitrogens is 1. The minimum atomic E-state index is -3.26. The molecule has 1 atom stereocenters. The van der Waals surface area contributed by atoms with E-state index in [0.717, 1.165) is 5.56 Å². The highest BCUT2D eigenvalue weighted by Gasteiger charge is 2.28. The summed E-state index contributed by atoms with van der Waals surface area (Å²) in [5.74, 6) is -0.484. The molecule has 2 heterocycles. The van der Waals surface area contributed by atoms with Crippen molar-refractivity contribution in [3.63, 3.8) is 0 Å². The van der Waals surface area contributed by atoms with E-state index in [1.165, 1.54) is 4.31 Å². The van der Waals surface area contributed by atoms with E-state index >= 15 is 0 Å². The van der Waals surface area contributed by atoms with Gasteiger partial charge in [-0.3, -0.25) is 18.6 Å². The molecule has 156 valence electrons. The van der Waals surface area contributed by atoms with Crippen LogP contribution in [0.5, 0.6) is 0 Å². The van der Waals surface area contributed by atoms with Crippen molar-refractivity contribution in [2.24, 2.45) is 0 Å². The van der Waals surface area contributed by atoms with Crippen LogP contribution in [0.25, 0.3) is 11.4 Å². The van der Waals surface area contributed by atoms with Gasteiger partial charge in [-0.15, -0.1) is 0 Å². The first-order chi connectivity index (χ1) is 14.3. The van der Waals surface area contributed by atoms with E-state index in [2.05, 4.69) is 20.0 Å². The van der Waals surface area contributed by atoms with Crippen molar-refractivity contribution in [1.29, 1.82) is 0 Å². The van der Waals surface area contributed by atoms with Gasteiger partial charge in [-0.2, -0.15) is 0 Å². The number of hydrogen-bond donors (Lipinski definition) is 2. The summed E-state index contributed by atoms with van der Waals surface area (Å²) in [7, 11) is -3.26. The number of nitrogens with zero attached hydrogens (tertiary/aromatic N) is 2. The molecule has 0 saturated carbocycles. The van der Waals surface area contributed by atoms with E-state index in [1.54, 1.807) is 42.5 Å². The molecule has 4 rings (SSSR count). The number of amides is 1. The van der Waals surface area contributed by atoms with Crippen molar-refractivity contribution < 1.29 is 17.7 Å². The van der Waals surface area contributed by atoms with E-state index in [1.807, 2.05) is 13.0 Å². The average molecular weight is 428 g/mol. The molecule has 1 amide bonds. The molecule has 1 fully saturated rings. The Labute approximate surface area is 172 Å². The number of anilines is 1. The molecule has 0 radical (unpaired) electrons. The molecule has 1 aromatic heterocycles. The zero-order valence-corrected chi connectivity index (χ0v) is 17.0. The summed E-state index contributed by atoms with van der Waals surface area (Å²) in [4.78, 5) is 26.1. The van der Waals surface area contributed by atoms with Gasteiger partial charge in [0.1, 0.15) is 0 Å². The largest absolute Gasteiger partial charge is 0.439 e. The Kier molecular flexibility index (Phi) is 5.17. The summed E-state index contributed by atoms with van der Waals surface area (Å²) < 4.78 is 30.2. The van der Waals surface area contributed by atoms with Crippen LogP contribution < -0.4 is 15.4 Å². The highest BCUT2D eigenvalue weighted by atomic mass is 32.2. The van der Waals surface area contributed by atoms with E-state index in [-0.39, 0.29) is 23.5 Å². The molecular formula is C20H20N4O5S. The van der Waals surface area contributed by atoms with Gasteiger partial charge < -0.3 is 5.32 Å². The van der Waals surface area contributed by atoms with E-state index in [0.29, 0.717) is 29.8 Å². The molecule has 1 saturated heterocycles. The topological polar surface area (TPSA) is 125 Å². The Morgan fingerprint density at radius 2 is 2.00 bits per heavy atom. The number of aromatic nitrogens is 2. The van der Waals surface area contributed by atoms with Crippen molar-refractivity contribution in [3.8, 4) is 11.4 Å². The van der Waals surface area contributed by atoms with Crippen molar-refractivity contribution in [2.45, 2.75) is 19.4 Å². The molecule has 1 aliphatic rings. The van der Waals surface area contributed by atoms with Gasteiger partial charge in [0.15, 0.2) is 5.82 Å². The lowest BCUT2D eigenvalue weighted by Crippen LogP contribution is -2.28. The Morgan fingerprint density at radius 3 is 2.63 bits per heavy atom. The van der Waals surface area contributed by atoms with Crippen LogP contribution in [0.4, 0.5) is 5.69 Å². The summed E-state index contributed by atoms with van der Waals surface area (Å²) in [6, 6.07) is 13.4. The third-order valence-electron chi connectivity index (χ3n) is 4.97. The molecule has 2 aromatic carbocycles. The molecular weight excluding hydrogens is 408 g/mol. The van der Waals surface area contributed by atoms with Crippen LogP contribution in [-0.2, 0) is 10.0 Å². The zero-order valence-electron chi connectivity index (χ0n) is 16.2. The van der Waals surface area contributed by atoms with Crippen molar-refractivity contribution in [1.82, 2.24) is 15.5 Å². The predicted molar refractivity (Wildman–Crippen MR) is 111 cm³/mol. The summed E-state index contributed by atoms with van der Waals surface area (Å²) in [5.41, 5.74) is 2.47. The van der Waals surface area contributed by atoms with E-state index in [4.69, 9.17) is 0 Å². The Morgan fingerprint density at radius 1 is 1.23 bits per heavy atom. The molecule has 1 aliphatic heterocycles. The van der Waals surface area contributed by atoms with E-state index in [9.17, 15) is 18.0 Å². The molecule has 0 bridgehead atoms. The maximum Gasteiger partial charge on any atom is 0.439 e. The minimum Gasteiger partial charge on any atom is -0.346 e.